The maximum atomic E-state index is 11.5. The van der Waals surface area contributed by atoms with Gasteiger partial charge in [-0.2, -0.15) is 0 Å². The zero-order valence-corrected chi connectivity index (χ0v) is 11.5. The number of rotatable bonds is 4. The predicted octanol–water partition coefficient (Wildman–Crippen LogP) is 1.22. The minimum Gasteiger partial charge on any atom is -0.466 e. The van der Waals surface area contributed by atoms with E-state index in [0.29, 0.717) is 23.0 Å². The smallest absolute Gasteiger partial charge is 0.335 e. The third-order valence-electron chi connectivity index (χ3n) is 2.37. The van der Waals surface area contributed by atoms with Gasteiger partial charge in [-0.1, -0.05) is 6.08 Å². The Morgan fingerprint density at radius 1 is 1.56 bits per heavy atom. The number of thioether (sulfide) groups is 1. The third kappa shape index (κ3) is 3.80. The minimum atomic E-state index is -0.381. The lowest BCUT2D eigenvalue weighted by Crippen LogP contribution is -2.30. The van der Waals surface area contributed by atoms with Crippen LogP contribution in [-0.4, -0.2) is 37.4 Å². The van der Waals surface area contributed by atoms with Gasteiger partial charge in [-0.25, -0.2) is 9.59 Å². The largest absolute Gasteiger partial charge is 0.466 e. The Bertz CT molecular complexity index is 390. The number of hydrogen-bond donors (Lipinski definition) is 1. The third-order valence-corrected chi connectivity index (χ3v) is 3.41. The molecule has 1 aliphatic heterocycles. The molecule has 1 rings (SSSR count). The van der Waals surface area contributed by atoms with Crippen LogP contribution < -0.4 is 5.32 Å². The van der Waals surface area contributed by atoms with Crippen LogP contribution in [0.2, 0.25) is 0 Å². The number of esters is 2. The van der Waals surface area contributed by atoms with E-state index in [1.54, 1.807) is 19.9 Å². The molecule has 1 fully saturated rings. The predicted molar refractivity (Wildman–Crippen MR) is 69.9 cm³/mol. The first-order valence-electron chi connectivity index (χ1n) is 5.64. The second-order valence-corrected chi connectivity index (χ2v) is 4.57. The summed E-state index contributed by atoms with van der Waals surface area (Å²) in [5, 5.41) is 3.81. The number of carbonyl (C=O) groups is 2. The molecule has 0 amide bonds. The Hall–Kier alpha value is -1.43. The summed E-state index contributed by atoms with van der Waals surface area (Å²) in [6.45, 7) is 3.88. The second kappa shape index (κ2) is 7.10. The lowest BCUT2D eigenvalue weighted by Gasteiger charge is -2.12. The van der Waals surface area contributed by atoms with Gasteiger partial charge in [0.2, 0.25) is 0 Å². The van der Waals surface area contributed by atoms with Gasteiger partial charge < -0.3 is 14.8 Å². The summed E-state index contributed by atoms with van der Waals surface area (Å²) in [5.41, 5.74) is 0.567. The van der Waals surface area contributed by atoms with E-state index in [1.807, 2.05) is 0 Å². The average Bonchev–Trinajstić information content (AvgIpc) is 2.78. The Morgan fingerprint density at radius 2 is 2.28 bits per heavy atom. The molecule has 100 valence electrons. The van der Waals surface area contributed by atoms with Crippen LogP contribution in [-0.2, 0) is 19.1 Å². The molecule has 1 saturated heterocycles. The normalized spacial score (nSPS) is 21.6. The van der Waals surface area contributed by atoms with Crippen LogP contribution in [0.3, 0.4) is 0 Å². The quantitative estimate of drug-likeness (QED) is 0.612. The van der Waals surface area contributed by atoms with Crippen LogP contribution >= 0.6 is 11.8 Å². The van der Waals surface area contributed by atoms with Crippen molar-refractivity contribution in [1.29, 1.82) is 0 Å². The average molecular weight is 271 g/mol. The van der Waals surface area contributed by atoms with E-state index in [-0.39, 0.29) is 18.0 Å². The van der Waals surface area contributed by atoms with E-state index in [1.165, 1.54) is 24.9 Å². The molecular weight excluding hydrogens is 254 g/mol. The molecule has 0 aromatic rings. The molecule has 1 aliphatic rings. The first-order valence-corrected chi connectivity index (χ1v) is 6.63. The molecule has 1 N–H and O–H groups in total. The van der Waals surface area contributed by atoms with Crippen molar-refractivity contribution in [3.8, 4) is 0 Å². The van der Waals surface area contributed by atoms with Crippen LogP contribution in [0.25, 0.3) is 0 Å². The van der Waals surface area contributed by atoms with E-state index in [4.69, 9.17) is 9.47 Å². The molecular formula is C12H17NO4S. The Labute approximate surface area is 111 Å². The fraction of sp³-hybridized carbons (Fsp3) is 0.500. The summed E-state index contributed by atoms with van der Waals surface area (Å²) in [5.74, 6) is -0.0544. The highest BCUT2D eigenvalue weighted by Gasteiger charge is 2.27. The fourth-order valence-electron chi connectivity index (χ4n) is 1.55. The molecule has 18 heavy (non-hydrogen) atoms. The van der Waals surface area contributed by atoms with Gasteiger partial charge in [0, 0.05) is 5.75 Å². The van der Waals surface area contributed by atoms with Gasteiger partial charge in [-0.05, 0) is 13.8 Å². The van der Waals surface area contributed by atoms with Gasteiger partial charge in [0.25, 0.3) is 0 Å². The van der Waals surface area contributed by atoms with Crippen LogP contribution in [0, 0.1) is 0 Å². The summed E-state index contributed by atoms with van der Waals surface area (Å²) in [4.78, 5) is 22.8. The van der Waals surface area contributed by atoms with Gasteiger partial charge >= 0.3 is 11.9 Å². The van der Waals surface area contributed by atoms with Crippen LogP contribution in [0.1, 0.15) is 13.8 Å². The number of nitrogens with one attached hydrogen (secondary N) is 1. The van der Waals surface area contributed by atoms with E-state index in [9.17, 15) is 9.59 Å². The summed E-state index contributed by atoms with van der Waals surface area (Å²) in [7, 11) is 1.35. The molecule has 0 radical (unpaired) electrons. The molecule has 0 bridgehead atoms. The maximum absolute atomic E-state index is 11.5. The molecule has 5 nitrogen and oxygen atoms in total. The van der Waals surface area contributed by atoms with Crippen LogP contribution in [0.15, 0.2) is 22.8 Å². The van der Waals surface area contributed by atoms with Crippen molar-refractivity contribution in [2.75, 3.05) is 19.5 Å². The Balaban J connectivity index is 2.66. The monoisotopic (exact) mass is 271 g/mol. The van der Waals surface area contributed by atoms with Crippen molar-refractivity contribution >= 4 is 23.7 Å². The van der Waals surface area contributed by atoms with Crippen molar-refractivity contribution in [2.45, 2.75) is 19.9 Å². The highest BCUT2D eigenvalue weighted by Crippen LogP contribution is 2.26. The van der Waals surface area contributed by atoms with Crippen molar-refractivity contribution in [2.24, 2.45) is 0 Å². The first-order chi connectivity index (χ1) is 8.62. The highest BCUT2D eigenvalue weighted by atomic mass is 32.2. The van der Waals surface area contributed by atoms with Gasteiger partial charge in [0.1, 0.15) is 0 Å². The number of ether oxygens (including phenoxy) is 2. The van der Waals surface area contributed by atoms with Crippen molar-refractivity contribution in [1.82, 2.24) is 5.32 Å². The molecule has 1 unspecified atom stereocenters. The van der Waals surface area contributed by atoms with Crippen LogP contribution in [0.4, 0.5) is 0 Å². The van der Waals surface area contributed by atoms with E-state index < -0.39 is 0 Å². The van der Waals surface area contributed by atoms with E-state index >= 15 is 0 Å². The fourth-order valence-corrected chi connectivity index (χ4v) is 2.56. The Morgan fingerprint density at radius 3 is 2.83 bits per heavy atom. The number of carbonyl (C=O) groups excluding carboxylic acids is 2. The topological polar surface area (TPSA) is 64.6 Å². The van der Waals surface area contributed by atoms with Gasteiger partial charge in [-0.15, -0.1) is 11.8 Å². The molecule has 0 aliphatic carbocycles. The summed E-state index contributed by atoms with van der Waals surface area (Å²) in [6, 6.07) is -0.131. The number of methoxy groups -OCH3 is 1. The first kappa shape index (κ1) is 14.6. The highest BCUT2D eigenvalue weighted by molar-refractivity contribution is 8.03. The Kier molecular flexibility index (Phi) is 5.77. The lowest BCUT2D eigenvalue weighted by atomic mass is 10.1. The summed E-state index contributed by atoms with van der Waals surface area (Å²) < 4.78 is 9.52. The molecule has 1 heterocycles. The molecule has 0 aromatic carbocycles. The summed E-state index contributed by atoms with van der Waals surface area (Å²) in [6.07, 6.45) is 3.12. The minimum absolute atomic E-state index is 0.131. The lowest BCUT2D eigenvalue weighted by molar-refractivity contribution is -0.137. The molecule has 0 saturated carbocycles. The van der Waals surface area contributed by atoms with Crippen molar-refractivity contribution < 1.29 is 19.1 Å². The van der Waals surface area contributed by atoms with Gasteiger partial charge in [0.15, 0.2) is 0 Å². The standard InChI is InChI=1S/C12H17NO4S/c1-4-8(12(15)16-3)9-7-18-10(13-9)6-11(14)17-5-2/h4,6,9,13H,5,7H2,1-3H3/b8-4-,10-6-. The SMILES string of the molecule is C/C=C(\C(=O)OC)C1CS/C(=C\C(=O)OCC)N1. The maximum Gasteiger partial charge on any atom is 0.335 e. The van der Waals surface area contributed by atoms with Gasteiger partial charge in [0.05, 0.1) is 36.4 Å². The summed E-state index contributed by atoms with van der Waals surface area (Å²) >= 11 is 1.48. The molecule has 0 aromatic heterocycles. The number of allylic oxidation sites excluding steroid dienone is 1. The van der Waals surface area contributed by atoms with E-state index in [0.717, 1.165) is 0 Å². The van der Waals surface area contributed by atoms with Crippen LogP contribution in [0.5, 0.6) is 0 Å². The van der Waals surface area contributed by atoms with Crippen molar-refractivity contribution in [3.05, 3.63) is 22.8 Å². The number of hydrogen-bond acceptors (Lipinski definition) is 6. The van der Waals surface area contributed by atoms with Crippen molar-refractivity contribution in [3.63, 3.8) is 0 Å². The second-order valence-electron chi connectivity index (χ2n) is 3.50. The molecule has 6 heteroatoms. The van der Waals surface area contributed by atoms with Gasteiger partial charge in [-0.3, -0.25) is 0 Å². The molecule has 1 atom stereocenters. The van der Waals surface area contributed by atoms with E-state index in [2.05, 4.69) is 5.32 Å². The zero-order chi connectivity index (χ0) is 13.5. The zero-order valence-electron chi connectivity index (χ0n) is 10.7. The molecule has 0 spiro atoms.